The Morgan fingerprint density at radius 2 is 2.00 bits per heavy atom. The molecule has 6 nitrogen and oxygen atoms in total. The average molecular weight is 466 g/mol. The third-order valence-electron chi connectivity index (χ3n) is 6.42. The molecule has 3 rings (SSSR count). The zero-order valence-electron chi connectivity index (χ0n) is 18.8. The predicted octanol–water partition coefficient (Wildman–Crippen LogP) is 4.73. The summed E-state index contributed by atoms with van der Waals surface area (Å²) >= 11 is 13.5. The summed E-state index contributed by atoms with van der Waals surface area (Å²) in [5.74, 6) is -0.0463. The fourth-order valence-corrected chi connectivity index (χ4v) is 5.34. The highest BCUT2D eigenvalue weighted by Gasteiger charge is 2.34. The van der Waals surface area contributed by atoms with Crippen LogP contribution in [0.3, 0.4) is 0 Å². The van der Waals surface area contributed by atoms with E-state index in [1.807, 2.05) is 11.8 Å². The van der Waals surface area contributed by atoms with Crippen LogP contribution in [-0.4, -0.2) is 64.6 Å². The first kappa shape index (κ1) is 24.0. The number of allylic oxidation sites excluding steroid dienone is 2. The first-order valence-electron chi connectivity index (χ1n) is 11.2. The SMILES string of the molecule is CCC(NC(=O)N(CC)C1CCN(C)CC1)C1=CC(C)C(c2cnccn2)C(Cl)=C1Cl. The molecule has 2 aliphatic rings. The number of piperidine rings is 1. The average Bonchev–Trinajstić information content (AvgIpc) is 2.77. The lowest BCUT2D eigenvalue weighted by Crippen LogP contribution is -2.52. The molecular formula is C23H33Cl2N5O. The third kappa shape index (κ3) is 5.41. The number of carbonyl (C=O) groups excluding carboxylic acids is 1. The molecule has 8 heteroatoms. The Bertz CT molecular complexity index is 821. The van der Waals surface area contributed by atoms with Crippen molar-refractivity contribution in [1.82, 2.24) is 25.1 Å². The van der Waals surface area contributed by atoms with Crippen LogP contribution < -0.4 is 5.32 Å². The van der Waals surface area contributed by atoms with Gasteiger partial charge in [-0.15, -0.1) is 0 Å². The zero-order valence-corrected chi connectivity index (χ0v) is 20.3. The molecule has 2 amide bonds. The number of aromatic nitrogens is 2. The highest BCUT2D eigenvalue weighted by molar-refractivity contribution is 6.41. The Balaban J connectivity index is 1.76. The number of rotatable bonds is 6. The minimum absolute atomic E-state index is 0.0332. The molecule has 170 valence electrons. The van der Waals surface area contributed by atoms with Gasteiger partial charge in [0.15, 0.2) is 0 Å². The maximum atomic E-state index is 13.2. The van der Waals surface area contributed by atoms with Crippen LogP contribution in [0.1, 0.15) is 51.6 Å². The van der Waals surface area contributed by atoms with E-state index in [9.17, 15) is 4.79 Å². The van der Waals surface area contributed by atoms with Crippen molar-refractivity contribution in [3.05, 3.63) is 46.0 Å². The molecule has 1 fully saturated rings. The van der Waals surface area contributed by atoms with Gasteiger partial charge in [0.1, 0.15) is 0 Å². The predicted molar refractivity (Wildman–Crippen MR) is 126 cm³/mol. The fourth-order valence-electron chi connectivity index (χ4n) is 4.60. The van der Waals surface area contributed by atoms with Crippen molar-refractivity contribution in [2.75, 3.05) is 26.7 Å². The summed E-state index contributed by atoms with van der Waals surface area (Å²) < 4.78 is 0. The lowest BCUT2D eigenvalue weighted by Gasteiger charge is -2.38. The second-order valence-electron chi connectivity index (χ2n) is 8.48. The highest BCUT2D eigenvalue weighted by atomic mass is 35.5. The number of carbonyl (C=O) groups is 1. The number of nitrogens with zero attached hydrogens (tertiary/aromatic N) is 4. The number of amides is 2. The molecule has 2 heterocycles. The molecule has 1 saturated heterocycles. The third-order valence-corrected chi connectivity index (χ3v) is 7.36. The van der Waals surface area contributed by atoms with Gasteiger partial charge in [-0.1, -0.05) is 43.1 Å². The van der Waals surface area contributed by atoms with Crippen molar-refractivity contribution in [3.8, 4) is 0 Å². The largest absolute Gasteiger partial charge is 0.331 e. The molecule has 1 N–H and O–H groups in total. The van der Waals surface area contributed by atoms with Gasteiger partial charge in [0, 0.05) is 42.1 Å². The molecule has 0 radical (unpaired) electrons. The van der Waals surface area contributed by atoms with E-state index < -0.39 is 0 Å². The first-order chi connectivity index (χ1) is 14.9. The van der Waals surface area contributed by atoms with Crippen LogP contribution >= 0.6 is 23.2 Å². The van der Waals surface area contributed by atoms with Gasteiger partial charge in [-0.05, 0) is 57.8 Å². The van der Waals surface area contributed by atoms with Gasteiger partial charge < -0.3 is 15.1 Å². The number of likely N-dealkylation sites (tertiary alicyclic amines) is 1. The number of urea groups is 1. The fraction of sp³-hybridized carbons (Fsp3) is 0.609. The van der Waals surface area contributed by atoms with E-state index in [2.05, 4.69) is 47.2 Å². The Morgan fingerprint density at radius 3 is 2.58 bits per heavy atom. The molecule has 1 aromatic heterocycles. The molecule has 31 heavy (non-hydrogen) atoms. The summed E-state index contributed by atoms with van der Waals surface area (Å²) in [4.78, 5) is 26.0. The van der Waals surface area contributed by atoms with E-state index in [-0.39, 0.29) is 30.0 Å². The summed E-state index contributed by atoms with van der Waals surface area (Å²) in [6, 6.07) is 0.0435. The van der Waals surface area contributed by atoms with Gasteiger partial charge in [0.25, 0.3) is 0 Å². The van der Waals surface area contributed by atoms with Gasteiger partial charge in [-0.2, -0.15) is 0 Å². The molecular weight excluding hydrogens is 433 g/mol. The van der Waals surface area contributed by atoms with Crippen LogP contribution in [0.4, 0.5) is 4.79 Å². The highest BCUT2D eigenvalue weighted by Crippen LogP contribution is 2.44. The van der Waals surface area contributed by atoms with Gasteiger partial charge in [-0.25, -0.2) is 4.79 Å². The molecule has 0 spiro atoms. The zero-order chi connectivity index (χ0) is 22.5. The number of halogens is 2. The van der Waals surface area contributed by atoms with Crippen LogP contribution in [-0.2, 0) is 0 Å². The lowest BCUT2D eigenvalue weighted by molar-refractivity contribution is 0.133. The van der Waals surface area contributed by atoms with E-state index in [1.54, 1.807) is 18.6 Å². The summed E-state index contributed by atoms with van der Waals surface area (Å²) in [6.45, 7) is 8.90. The van der Waals surface area contributed by atoms with Crippen LogP contribution in [0.25, 0.3) is 0 Å². The molecule has 0 bridgehead atoms. The second-order valence-corrected chi connectivity index (χ2v) is 9.27. The standard InChI is InChI=1S/C23H33Cl2N5O/c1-5-18(28-23(31)30(6-2)16-7-11-29(4)12-8-16)17-13-15(3)20(22(25)21(17)24)19-14-26-9-10-27-19/h9-10,13-16,18,20H,5-8,11-12H2,1-4H3,(H,28,31). The van der Waals surface area contributed by atoms with Crippen LogP contribution in [0.2, 0.25) is 0 Å². The number of hydrogen-bond donors (Lipinski definition) is 1. The summed E-state index contributed by atoms with van der Waals surface area (Å²) in [5.41, 5.74) is 1.68. The normalized spacial score (nSPS) is 24.0. The molecule has 1 aliphatic carbocycles. The van der Waals surface area contributed by atoms with Crippen molar-refractivity contribution in [1.29, 1.82) is 0 Å². The van der Waals surface area contributed by atoms with Crippen molar-refractivity contribution >= 4 is 29.2 Å². The summed E-state index contributed by atoms with van der Waals surface area (Å²) in [6.07, 6.45) is 9.88. The number of hydrogen-bond acceptors (Lipinski definition) is 4. The van der Waals surface area contributed by atoms with E-state index in [0.29, 0.717) is 16.6 Å². The van der Waals surface area contributed by atoms with Gasteiger partial charge in [0.05, 0.1) is 16.8 Å². The van der Waals surface area contributed by atoms with Crippen molar-refractivity contribution in [2.45, 2.75) is 58.0 Å². The van der Waals surface area contributed by atoms with Crippen molar-refractivity contribution in [2.24, 2.45) is 5.92 Å². The van der Waals surface area contributed by atoms with Crippen LogP contribution in [0.5, 0.6) is 0 Å². The van der Waals surface area contributed by atoms with E-state index >= 15 is 0 Å². The van der Waals surface area contributed by atoms with E-state index in [1.165, 1.54) is 0 Å². The topological polar surface area (TPSA) is 61.4 Å². The lowest BCUT2D eigenvalue weighted by atomic mass is 9.82. The molecule has 1 aromatic rings. The Hall–Kier alpha value is -1.63. The summed E-state index contributed by atoms with van der Waals surface area (Å²) in [5, 5.41) is 4.28. The Morgan fingerprint density at radius 1 is 1.29 bits per heavy atom. The molecule has 3 unspecified atom stereocenters. The minimum atomic E-state index is -0.195. The van der Waals surface area contributed by atoms with Gasteiger partial charge >= 0.3 is 6.03 Å². The number of nitrogens with one attached hydrogen (secondary N) is 1. The van der Waals surface area contributed by atoms with Crippen LogP contribution in [0.15, 0.2) is 40.3 Å². The molecule has 1 aliphatic heterocycles. The maximum Gasteiger partial charge on any atom is 0.318 e. The van der Waals surface area contributed by atoms with E-state index in [0.717, 1.165) is 43.6 Å². The van der Waals surface area contributed by atoms with Crippen molar-refractivity contribution in [3.63, 3.8) is 0 Å². The molecule has 0 aromatic carbocycles. The molecule has 0 saturated carbocycles. The van der Waals surface area contributed by atoms with Gasteiger partial charge in [-0.3, -0.25) is 9.97 Å². The first-order valence-corrected chi connectivity index (χ1v) is 11.9. The Labute approximate surface area is 195 Å². The minimum Gasteiger partial charge on any atom is -0.331 e. The quantitative estimate of drug-likeness (QED) is 0.659. The maximum absolute atomic E-state index is 13.2. The smallest absolute Gasteiger partial charge is 0.318 e. The van der Waals surface area contributed by atoms with Crippen LogP contribution in [0, 0.1) is 5.92 Å². The van der Waals surface area contributed by atoms with Gasteiger partial charge in [0.2, 0.25) is 0 Å². The van der Waals surface area contributed by atoms with Crippen molar-refractivity contribution < 1.29 is 4.79 Å². The Kier molecular flexibility index (Phi) is 8.36. The summed E-state index contributed by atoms with van der Waals surface area (Å²) in [7, 11) is 2.13. The second kappa shape index (κ2) is 10.8. The molecule has 3 atom stereocenters. The van der Waals surface area contributed by atoms with E-state index in [4.69, 9.17) is 23.2 Å². The monoisotopic (exact) mass is 465 g/mol.